The zero-order valence-corrected chi connectivity index (χ0v) is 10.7. The van der Waals surface area contributed by atoms with Crippen LogP contribution in [0.2, 0.25) is 0 Å². The molecule has 0 aliphatic rings. The van der Waals surface area contributed by atoms with Crippen LogP contribution in [0.4, 0.5) is 26.3 Å². The van der Waals surface area contributed by atoms with Gasteiger partial charge >= 0.3 is 5.97 Å². The fraction of sp³-hybridized carbons (Fsp3) is 0.0769. The van der Waals surface area contributed by atoms with E-state index in [1.165, 1.54) is 0 Å². The third kappa shape index (κ3) is 2.49. The van der Waals surface area contributed by atoms with Gasteiger partial charge in [-0.05, 0) is 6.07 Å². The van der Waals surface area contributed by atoms with E-state index in [-0.39, 0.29) is 0 Å². The van der Waals surface area contributed by atoms with Crippen LogP contribution in [0.25, 0.3) is 11.3 Å². The highest BCUT2D eigenvalue weighted by molar-refractivity contribution is 5.90. The Hall–Kier alpha value is -2.58. The van der Waals surface area contributed by atoms with Crippen molar-refractivity contribution in [3.63, 3.8) is 0 Å². The van der Waals surface area contributed by atoms with E-state index in [0.717, 1.165) is 7.11 Å². The third-order valence-electron chi connectivity index (χ3n) is 2.68. The Bertz CT molecular complexity index is 749. The molecule has 0 radical (unpaired) electrons. The minimum Gasteiger partial charge on any atom is -0.465 e. The Balaban J connectivity index is 2.78. The summed E-state index contributed by atoms with van der Waals surface area (Å²) in [4.78, 5) is 14.3. The molecule has 0 bridgehead atoms. The van der Waals surface area contributed by atoms with Crippen molar-refractivity contribution in [1.82, 2.24) is 4.98 Å². The van der Waals surface area contributed by atoms with Gasteiger partial charge in [0.1, 0.15) is 0 Å². The highest BCUT2D eigenvalue weighted by Crippen LogP contribution is 2.31. The van der Waals surface area contributed by atoms with Crippen LogP contribution in [-0.4, -0.2) is 18.1 Å². The average molecular weight is 321 g/mol. The Morgan fingerprint density at radius 1 is 0.909 bits per heavy atom. The second-order valence-corrected chi connectivity index (χ2v) is 4.00. The Morgan fingerprint density at radius 2 is 1.41 bits per heavy atom. The number of pyridine rings is 1. The SMILES string of the molecule is COC(=O)c1cc(F)nc(-c2c(F)c(F)c(F)c(F)c2F)c1. The van der Waals surface area contributed by atoms with Crippen LogP contribution in [0.15, 0.2) is 12.1 Å². The van der Waals surface area contributed by atoms with Crippen LogP contribution in [-0.2, 0) is 4.74 Å². The van der Waals surface area contributed by atoms with Crippen molar-refractivity contribution in [2.45, 2.75) is 0 Å². The van der Waals surface area contributed by atoms with Crippen molar-refractivity contribution in [2.75, 3.05) is 7.11 Å². The maximum absolute atomic E-state index is 13.6. The topological polar surface area (TPSA) is 39.2 Å². The molecule has 0 fully saturated rings. The van der Waals surface area contributed by atoms with Gasteiger partial charge in [0.2, 0.25) is 11.8 Å². The van der Waals surface area contributed by atoms with Gasteiger partial charge in [0.15, 0.2) is 23.3 Å². The van der Waals surface area contributed by atoms with Crippen molar-refractivity contribution < 1.29 is 35.9 Å². The number of carbonyl (C=O) groups is 1. The Kier molecular flexibility index (Phi) is 4.07. The number of carbonyl (C=O) groups excluding carboxylic acids is 1. The molecule has 1 aromatic carbocycles. The Labute approximate surface area is 119 Å². The molecule has 1 aromatic heterocycles. The summed E-state index contributed by atoms with van der Waals surface area (Å²) in [6.45, 7) is 0. The molecular weight excluding hydrogens is 316 g/mol. The molecule has 116 valence electrons. The maximum atomic E-state index is 13.6. The van der Waals surface area contributed by atoms with E-state index in [4.69, 9.17) is 0 Å². The van der Waals surface area contributed by atoms with E-state index >= 15 is 0 Å². The standard InChI is InChI=1S/C13H5F6NO2/c1-22-13(21)4-2-5(20-6(14)3-4)7-8(15)10(17)12(19)11(18)9(7)16/h2-3H,1H3. The first-order chi connectivity index (χ1) is 10.3. The number of aromatic nitrogens is 1. The number of hydrogen-bond donors (Lipinski definition) is 0. The minimum atomic E-state index is -2.36. The number of rotatable bonds is 2. The lowest BCUT2D eigenvalue weighted by molar-refractivity contribution is 0.0600. The van der Waals surface area contributed by atoms with Gasteiger partial charge in [-0.25, -0.2) is 31.7 Å². The summed E-state index contributed by atoms with van der Waals surface area (Å²) < 4.78 is 84.1. The van der Waals surface area contributed by atoms with Gasteiger partial charge < -0.3 is 4.74 Å². The van der Waals surface area contributed by atoms with Crippen LogP contribution in [0.3, 0.4) is 0 Å². The minimum absolute atomic E-state index is 0.506. The van der Waals surface area contributed by atoms with Crippen molar-refractivity contribution in [3.05, 3.63) is 52.7 Å². The molecule has 0 N–H and O–H groups in total. The van der Waals surface area contributed by atoms with Crippen molar-refractivity contribution in [3.8, 4) is 11.3 Å². The lowest BCUT2D eigenvalue weighted by Crippen LogP contribution is -2.08. The molecule has 0 saturated carbocycles. The van der Waals surface area contributed by atoms with E-state index < -0.39 is 57.8 Å². The second kappa shape index (κ2) is 5.66. The fourth-order valence-electron chi connectivity index (χ4n) is 1.69. The van der Waals surface area contributed by atoms with E-state index in [1.807, 2.05) is 0 Å². The smallest absolute Gasteiger partial charge is 0.338 e. The molecule has 0 unspecified atom stereocenters. The molecule has 9 heteroatoms. The van der Waals surface area contributed by atoms with Gasteiger partial charge in [0, 0.05) is 6.07 Å². The number of nitrogens with zero attached hydrogens (tertiary/aromatic N) is 1. The molecule has 0 saturated heterocycles. The molecule has 22 heavy (non-hydrogen) atoms. The van der Waals surface area contributed by atoms with Gasteiger partial charge in [0.25, 0.3) is 0 Å². The van der Waals surface area contributed by atoms with Crippen molar-refractivity contribution in [2.24, 2.45) is 0 Å². The number of methoxy groups -OCH3 is 1. The molecule has 0 aliphatic heterocycles. The third-order valence-corrected chi connectivity index (χ3v) is 2.68. The zero-order valence-electron chi connectivity index (χ0n) is 10.7. The number of benzene rings is 1. The van der Waals surface area contributed by atoms with Gasteiger partial charge in [0.05, 0.1) is 23.9 Å². The molecule has 0 aliphatic carbocycles. The summed E-state index contributed by atoms with van der Waals surface area (Å²) in [6.07, 6.45) is 0. The molecule has 1 heterocycles. The van der Waals surface area contributed by atoms with Crippen LogP contribution >= 0.6 is 0 Å². The molecular formula is C13H5F6NO2. The van der Waals surface area contributed by atoms with Gasteiger partial charge in [-0.15, -0.1) is 0 Å². The first-order valence-corrected chi connectivity index (χ1v) is 5.55. The second-order valence-electron chi connectivity index (χ2n) is 4.00. The monoisotopic (exact) mass is 321 g/mol. The average Bonchev–Trinajstić information content (AvgIpc) is 2.50. The van der Waals surface area contributed by atoms with Gasteiger partial charge in [-0.2, -0.15) is 4.39 Å². The Morgan fingerprint density at radius 3 is 1.91 bits per heavy atom. The summed E-state index contributed by atoms with van der Waals surface area (Å²) in [7, 11) is 0.957. The fourth-order valence-corrected chi connectivity index (χ4v) is 1.69. The van der Waals surface area contributed by atoms with E-state index in [2.05, 4.69) is 9.72 Å². The molecule has 2 rings (SSSR count). The summed E-state index contributed by atoms with van der Waals surface area (Å²) in [6, 6.07) is 1.23. The van der Waals surface area contributed by atoms with Gasteiger partial charge in [-0.1, -0.05) is 0 Å². The summed E-state index contributed by atoms with van der Waals surface area (Å²) in [5, 5.41) is 0. The molecule has 3 nitrogen and oxygen atoms in total. The van der Waals surface area contributed by atoms with Crippen molar-refractivity contribution >= 4 is 5.97 Å². The predicted octanol–water partition coefficient (Wildman–Crippen LogP) is 3.37. The number of esters is 1. The highest BCUT2D eigenvalue weighted by atomic mass is 19.2. The lowest BCUT2D eigenvalue weighted by Gasteiger charge is -2.09. The molecule has 0 spiro atoms. The quantitative estimate of drug-likeness (QED) is 0.280. The largest absolute Gasteiger partial charge is 0.465 e. The van der Waals surface area contributed by atoms with Crippen LogP contribution < -0.4 is 0 Å². The number of ether oxygens (including phenoxy) is 1. The number of hydrogen-bond acceptors (Lipinski definition) is 3. The molecule has 0 atom stereocenters. The highest BCUT2D eigenvalue weighted by Gasteiger charge is 2.28. The summed E-state index contributed by atoms with van der Waals surface area (Å²) >= 11 is 0. The van der Waals surface area contributed by atoms with Crippen molar-refractivity contribution in [1.29, 1.82) is 0 Å². The predicted molar refractivity (Wildman–Crippen MR) is 60.8 cm³/mol. The molecule has 0 amide bonds. The number of halogens is 6. The first-order valence-electron chi connectivity index (χ1n) is 5.55. The van der Waals surface area contributed by atoms with Crippen LogP contribution in [0.1, 0.15) is 10.4 Å². The first kappa shape index (κ1) is 15.8. The maximum Gasteiger partial charge on any atom is 0.338 e. The van der Waals surface area contributed by atoms with Gasteiger partial charge in [-0.3, -0.25) is 0 Å². The van der Waals surface area contributed by atoms with Crippen LogP contribution in [0.5, 0.6) is 0 Å². The van der Waals surface area contributed by atoms with E-state index in [1.54, 1.807) is 0 Å². The molecule has 2 aromatic rings. The van der Waals surface area contributed by atoms with E-state index in [9.17, 15) is 31.1 Å². The summed E-state index contributed by atoms with van der Waals surface area (Å²) in [5.74, 6) is -13.6. The summed E-state index contributed by atoms with van der Waals surface area (Å²) in [5.41, 5.74) is -2.89. The van der Waals surface area contributed by atoms with E-state index in [0.29, 0.717) is 12.1 Å². The normalized spacial score (nSPS) is 10.7. The lowest BCUT2D eigenvalue weighted by atomic mass is 10.1. The van der Waals surface area contributed by atoms with Crippen LogP contribution in [0, 0.1) is 35.0 Å². The zero-order chi connectivity index (χ0) is 16.6.